The molecule has 0 aliphatic rings. The van der Waals surface area contributed by atoms with Gasteiger partial charge in [0, 0.05) is 0 Å². The maximum absolute atomic E-state index is 8.44. The van der Waals surface area contributed by atoms with Gasteiger partial charge in [-0.15, -0.1) is 11.4 Å². The van der Waals surface area contributed by atoms with Crippen LogP contribution in [-0.2, 0) is 11.4 Å². The Balaban J connectivity index is -0.00000000125. The van der Waals surface area contributed by atoms with Gasteiger partial charge < -0.3 is 47.4 Å². The second-order valence-corrected chi connectivity index (χ2v) is 0.612. The molecule has 0 fully saturated rings. The van der Waals surface area contributed by atoms with E-state index in [-0.39, 0.29) is 97.4 Å². The molecule has 0 saturated carbocycles. The first-order valence-corrected chi connectivity index (χ1v) is 1.50. The molecule has 0 amide bonds. The predicted octanol–water partition coefficient (Wildman–Crippen LogP) is -12.8. The molecule has 0 aromatic carbocycles. The monoisotopic (exact) mass is 252 g/mol. The maximum Gasteiger partial charge on any atom is 1.00 e. The van der Waals surface area contributed by atoms with E-state index >= 15 is 0 Å². The smallest absolute Gasteiger partial charge is 0.784 e. The average molecular weight is 252 g/mol. The molecule has 0 saturated heterocycles. The molecule has 13 heteroatoms. The zero-order chi connectivity index (χ0) is 3.58. The zero-order valence-corrected chi connectivity index (χ0v) is 11.9. The quantitative estimate of drug-likeness (QED) is 0.299. The molecule has 0 atom stereocenters. The van der Waals surface area contributed by atoms with Crippen LogP contribution in [0.3, 0.4) is 0 Å². The summed E-state index contributed by atoms with van der Waals surface area (Å²) in [5.41, 5.74) is 0. The zero-order valence-electron chi connectivity index (χ0n) is 7.13. The van der Waals surface area contributed by atoms with Gasteiger partial charge >= 0.3 is 59.1 Å². The third-order valence-electron chi connectivity index (χ3n) is 0. The Kier molecular flexibility index (Phi) is 927. The minimum Gasteiger partial charge on any atom is -0.784 e. The van der Waals surface area contributed by atoms with E-state index in [9.17, 15) is 0 Å². The van der Waals surface area contributed by atoms with E-state index in [1.165, 1.54) is 0 Å². The van der Waals surface area contributed by atoms with E-state index in [0.29, 0.717) is 0 Å². The third-order valence-corrected chi connectivity index (χ3v) is 0. The van der Waals surface area contributed by atoms with Gasteiger partial charge in [0.25, 0.3) is 0 Å². The van der Waals surface area contributed by atoms with Crippen LogP contribution in [0, 0.1) is 0 Å². The molecule has 0 bridgehead atoms. The first kappa shape index (κ1) is 123. The molecule has 10 nitrogen and oxygen atoms in total. The summed E-state index contributed by atoms with van der Waals surface area (Å²) in [6.07, 6.45) is 0. The first-order valence-electron chi connectivity index (χ1n) is 0.500. The summed E-state index contributed by atoms with van der Waals surface area (Å²) < 4.78 is 25.3. The molecule has 0 unspecified atom stereocenters. The first-order chi connectivity index (χ1) is 1.73. The molecule has 0 radical (unpaired) electrons. The fraction of sp³-hybridized carbons (Fsp3) is 0. The van der Waals surface area contributed by atoms with Crippen LogP contribution in [0.4, 0.5) is 0 Å². The summed E-state index contributed by atoms with van der Waals surface area (Å²) in [6.45, 7) is 0. The van der Waals surface area contributed by atoms with Gasteiger partial charge in [0.15, 0.2) is 0 Å². The van der Waals surface area contributed by atoms with E-state index in [1.54, 1.807) is 0 Å². The van der Waals surface area contributed by atoms with Crippen molar-refractivity contribution in [2.45, 2.75) is 0 Å². The van der Waals surface area contributed by atoms with E-state index in [2.05, 4.69) is 0 Å². The fourth-order valence-electron chi connectivity index (χ4n) is 0. The van der Waals surface area contributed by atoms with Gasteiger partial charge in [0.2, 0.25) is 0 Å². The van der Waals surface area contributed by atoms with Crippen molar-refractivity contribution in [1.29, 1.82) is 0 Å². The van der Waals surface area contributed by atoms with Gasteiger partial charge in [-0.2, -0.15) is 0 Å². The van der Waals surface area contributed by atoms with E-state index in [1.807, 2.05) is 0 Å². The minimum absolute atomic E-state index is 0. The molecule has 82 valence electrons. The topological polar surface area (TPSA) is 284 Å². The van der Waals surface area contributed by atoms with Crippen molar-refractivity contribution in [3.63, 3.8) is 0 Å². The van der Waals surface area contributed by atoms with Gasteiger partial charge in [0.1, 0.15) is 0 Å². The van der Waals surface area contributed by atoms with Crippen molar-refractivity contribution in [3.05, 3.63) is 0 Å². The Hall–Kier alpha value is 1.79. The third kappa shape index (κ3) is 598. The molecule has 0 heterocycles. The van der Waals surface area contributed by atoms with E-state index in [4.69, 9.17) is 13.3 Å². The largest absolute Gasteiger partial charge is 1.00 e. The second kappa shape index (κ2) is 98.3. The molecule has 0 aliphatic heterocycles. The van der Waals surface area contributed by atoms with Crippen LogP contribution in [0.1, 0.15) is 0 Å². The molecule has 0 rings (SSSR count). The number of rotatable bonds is 0. The Morgan fingerprint density at radius 2 is 0.615 bits per heavy atom. The van der Waals surface area contributed by atoms with Crippen molar-refractivity contribution >= 4 is 11.4 Å². The predicted molar refractivity (Wildman–Crippen MR) is 35.0 cm³/mol. The fourth-order valence-corrected chi connectivity index (χ4v) is 0. The van der Waals surface area contributed by atoms with Crippen molar-refractivity contribution < 1.29 is 111 Å². The Morgan fingerprint density at radius 3 is 0.615 bits per heavy atom. The summed E-state index contributed by atoms with van der Waals surface area (Å²) in [5, 5.41) is 0. The van der Waals surface area contributed by atoms with Gasteiger partial charge in [-0.25, -0.2) is 0 Å². The van der Waals surface area contributed by atoms with Crippen LogP contribution in [0.5, 0.6) is 0 Å². The number of hydrogen-bond acceptors (Lipinski definition) is 3. The van der Waals surface area contributed by atoms with Gasteiger partial charge in [-0.3, -0.25) is 4.21 Å². The van der Waals surface area contributed by atoms with Gasteiger partial charge in [-0.1, -0.05) is 0 Å². The summed E-state index contributed by atoms with van der Waals surface area (Å²) in [4.78, 5) is 0. The minimum atomic E-state index is -3.11. The molecule has 0 aliphatic carbocycles. The van der Waals surface area contributed by atoms with Gasteiger partial charge in [-0.05, 0) is 0 Å². The molecule has 0 aromatic heterocycles. The van der Waals surface area contributed by atoms with Crippen molar-refractivity contribution in [3.8, 4) is 0 Å². The standard InChI is InChI=1S/2Na.H2O3S.7H2O/c;;1-4(2)3;;;;;;;/h;;(H2,1,2,3);7*1H2/q2*+1;;;;;;;;/p-2. The molecular formula is H14Na2O10S. The summed E-state index contributed by atoms with van der Waals surface area (Å²) in [5.74, 6) is 0. The average Bonchev–Trinajstić information content (AvgIpc) is 0.811. The van der Waals surface area contributed by atoms with E-state index in [0.717, 1.165) is 0 Å². The Bertz CT molecular complexity index is 35.9. The molecule has 0 aromatic rings. The summed E-state index contributed by atoms with van der Waals surface area (Å²) >= 11 is -3.11. The Labute approximate surface area is 121 Å². The maximum atomic E-state index is 8.44. The normalized spacial score (nSPS) is 2.69. The Morgan fingerprint density at radius 1 is 0.615 bits per heavy atom. The van der Waals surface area contributed by atoms with Gasteiger partial charge in [0.05, 0.1) is 0 Å². The van der Waals surface area contributed by atoms with Crippen LogP contribution in [0.25, 0.3) is 0 Å². The van der Waals surface area contributed by atoms with Crippen LogP contribution < -0.4 is 59.1 Å². The SMILES string of the molecule is O.O.O.O.O.O.O.O=S([O-])[O-].[Na+].[Na+]. The van der Waals surface area contributed by atoms with Crippen molar-refractivity contribution in [2.24, 2.45) is 0 Å². The molecule has 14 N–H and O–H groups in total. The summed E-state index contributed by atoms with van der Waals surface area (Å²) in [7, 11) is 0. The van der Waals surface area contributed by atoms with Crippen LogP contribution in [0.15, 0.2) is 0 Å². The van der Waals surface area contributed by atoms with E-state index < -0.39 is 11.4 Å². The van der Waals surface area contributed by atoms with Crippen LogP contribution in [-0.4, -0.2) is 51.6 Å². The van der Waals surface area contributed by atoms with Crippen LogP contribution in [0.2, 0.25) is 0 Å². The molecular weight excluding hydrogens is 238 g/mol. The van der Waals surface area contributed by atoms with Crippen LogP contribution >= 0.6 is 0 Å². The van der Waals surface area contributed by atoms with Crippen molar-refractivity contribution in [1.82, 2.24) is 0 Å². The number of hydrogen-bond donors (Lipinski definition) is 0. The molecule has 0 spiro atoms. The second-order valence-electron chi connectivity index (χ2n) is 0.204. The molecule has 13 heavy (non-hydrogen) atoms. The van der Waals surface area contributed by atoms with Crippen molar-refractivity contribution in [2.75, 3.05) is 0 Å². The summed E-state index contributed by atoms with van der Waals surface area (Å²) in [6, 6.07) is 0.